The first-order valence-electron chi connectivity index (χ1n) is 6.03. The van der Waals surface area contributed by atoms with Crippen molar-refractivity contribution in [1.82, 2.24) is 14.7 Å². The number of likely N-dealkylation sites (N-methyl/N-ethyl adjacent to an activating group) is 1. The Kier molecular flexibility index (Phi) is 3.93. The van der Waals surface area contributed by atoms with Crippen LogP contribution in [0.4, 0.5) is 0 Å². The Morgan fingerprint density at radius 3 is 2.83 bits per heavy atom. The fraction of sp³-hybridized carbons (Fsp3) is 0.385. The Balaban J connectivity index is 2.30. The Labute approximate surface area is 112 Å². The zero-order chi connectivity index (χ0) is 13.1. The maximum Gasteiger partial charge on any atom is 0.0870 e. The molecule has 2 aromatic rings. The summed E-state index contributed by atoms with van der Waals surface area (Å²) in [6.07, 6.45) is 0. The minimum absolute atomic E-state index is 0.511. The lowest BCUT2D eigenvalue weighted by molar-refractivity contribution is 0.368. The Morgan fingerprint density at radius 1 is 1.44 bits per heavy atom. The van der Waals surface area contributed by atoms with E-state index in [1.54, 1.807) is 0 Å². The van der Waals surface area contributed by atoms with Gasteiger partial charge in [-0.25, -0.2) is 0 Å². The zero-order valence-electron chi connectivity index (χ0n) is 10.8. The van der Waals surface area contributed by atoms with E-state index in [0.29, 0.717) is 11.5 Å². The van der Waals surface area contributed by atoms with Gasteiger partial charge in [-0.2, -0.15) is 5.10 Å². The van der Waals surface area contributed by atoms with Crippen LogP contribution in [0, 0.1) is 0 Å². The molecule has 0 fully saturated rings. The lowest BCUT2D eigenvalue weighted by atomic mass is 10.2. The van der Waals surface area contributed by atoms with Gasteiger partial charge < -0.3 is 5.73 Å². The van der Waals surface area contributed by atoms with E-state index in [-0.39, 0.29) is 0 Å². The van der Waals surface area contributed by atoms with Crippen molar-refractivity contribution in [3.63, 3.8) is 0 Å². The van der Waals surface area contributed by atoms with Gasteiger partial charge in [-0.15, -0.1) is 0 Å². The summed E-state index contributed by atoms with van der Waals surface area (Å²) in [5, 5.41) is 5.85. The average Bonchev–Trinajstić information content (AvgIpc) is 2.67. The van der Waals surface area contributed by atoms with Gasteiger partial charge in [-0.1, -0.05) is 30.4 Å². The first-order valence-corrected chi connectivity index (χ1v) is 6.44. The van der Waals surface area contributed by atoms with Crippen molar-refractivity contribution in [2.75, 3.05) is 13.6 Å². The standard InChI is InChI=1S/C13H18N4S/c1-3-17-12-7-5-4-6-10(12)11(15-17)8-16(2)9-13(14)18/h4-7H,3,8-9H2,1-2H3,(H2,14,18). The summed E-state index contributed by atoms with van der Waals surface area (Å²) in [5.41, 5.74) is 7.81. The van der Waals surface area contributed by atoms with E-state index in [9.17, 15) is 0 Å². The van der Waals surface area contributed by atoms with Crippen molar-refractivity contribution in [2.45, 2.75) is 20.0 Å². The minimum Gasteiger partial charge on any atom is -0.392 e. The molecule has 2 rings (SSSR count). The molecule has 1 aromatic carbocycles. The number of benzene rings is 1. The van der Waals surface area contributed by atoms with E-state index in [1.165, 1.54) is 10.9 Å². The molecule has 0 spiro atoms. The highest BCUT2D eigenvalue weighted by Crippen LogP contribution is 2.19. The number of thiocarbonyl (C=S) groups is 1. The van der Waals surface area contributed by atoms with Gasteiger partial charge in [0.1, 0.15) is 0 Å². The third kappa shape index (κ3) is 2.68. The van der Waals surface area contributed by atoms with Crippen LogP contribution in [0.1, 0.15) is 12.6 Å². The van der Waals surface area contributed by atoms with Crippen LogP contribution in [-0.2, 0) is 13.1 Å². The van der Waals surface area contributed by atoms with Crippen molar-refractivity contribution in [3.05, 3.63) is 30.0 Å². The summed E-state index contributed by atoms with van der Waals surface area (Å²) >= 11 is 4.92. The quantitative estimate of drug-likeness (QED) is 0.834. The number of aryl methyl sites for hydroxylation is 1. The minimum atomic E-state index is 0.511. The molecule has 2 N–H and O–H groups in total. The van der Waals surface area contributed by atoms with Crippen LogP contribution >= 0.6 is 12.2 Å². The van der Waals surface area contributed by atoms with Gasteiger partial charge in [0.25, 0.3) is 0 Å². The van der Waals surface area contributed by atoms with Crippen molar-refractivity contribution < 1.29 is 0 Å². The highest BCUT2D eigenvalue weighted by Gasteiger charge is 2.11. The van der Waals surface area contributed by atoms with E-state index < -0.39 is 0 Å². The number of hydrogen-bond donors (Lipinski definition) is 1. The van der Waals surface area contributed by atoms with Crippen LogP contribution in [0.15, 0.2) is 24.3 Å². The smallest absolute Gasteiger partial charge is 0.0870 e. The molecule has 1 aromatic heterocycles. The lowest BCUT2D eigenvalue weighted by Gasteiger charge is -2.13. The number of nitrogens with zero attached hydrogens (tertiary/aromatic N) is 3. The molecule has 5 heteroatoms. The normalized spacial score (nSPS) is 11.3. The third-order valence-corrected chi connectivity index (χ3v) is 3.01. The summed E-state index contributed by atoms with van der Waals surface area (Å²) in [4.78, 5) is 2.59. The number of para-hydroxylation sites is 1. The molecular weight excluding hydrogens is 244 g/mol. The molecule has 0 radical (unpaired) electrons. The van der Waals surface area contributed by atoms with Crippen LogP contribution in [0.2, 0.25) is 0 Å². The topological polar surface area (TPSA) is 47.1 Å². The molecule has 0 atom stereocenters. The van der Waals surface area contributed by atoms with Gasteiger partial charge in [-0.05, 0) is 20.0 Å². The molecule has 1 heterocycles. The van der Waals surface area contributed by atoms with Crippen LogP contribution in [0.5, 0.6) is 0 Å². The van der Waals surface area contributed by atoms with E-state index in [2.05, 4.69) is 29.1 Å². The second kappa shape index (κ2) is 5.46. The van der Waals surface area contributed by atoms with Crippen molar-refractivity contribution >= 4 is 28.1 Å². The summed E-state index contributed by atoms with van der Waals surface area (Å²) in [6.45, 7) is 4.34. The summed E-state index contributed by atoms with van der Waals surface area (Å²) in [6, 6.07) is 8.29. The number of fused-ring (bicyclic) bond motifs is 1. The molecule has 18 heavy (non-hydrogen) atoms. The number of aromatic nitrogens is 2. The van der Waals surface area contributed by atoms with Crippen LogP contribution in [-0.4, -0.2) is 33.3 Å². The molecule has 4 nitrogen and oxygen atoms in total. The first kappa shape index (κ1) is 13.0. The highest BCUT2D eigenvalue weighted by atomic mass is 32.1. The van der Waals surface area contributed by atoms with Gasteiger partial charge in [0, 0.05) is 25.0 Å². The van der Waals surface area contributed by atoms with Gasteiger partial charge in [-0.3, -0.25) is 9.58 Å². The maximum atomic E-state index is 5.56. The second-order valence-electron chi connectivity index (χ2n) is 4.42. The van der Waals surface area contributed by atoms with E-state index >= 15 is 0 Å². The van der Waals surface area contributed by atoms with Gasteiger partial charge >= 0.3 is 0 Å². The van der Waals surface area contributed by atoms with Crippen LogP contribution < -0.4 is 5.73 Å². The molecule has 0 amide bonds. The molecular formula is C13H18N4S. The van der Waals surface area contributed by atoms with Crippen LogP contribution in [0.25, 0.3) is 10.9 Å². The Bertz CT molecular complexity index is 561. The SMILES string of the molecule is CCn1nc(CN(C)CC(N)=S)c2ccccc21. The Hall–Kier alpha value is -1.46. The van der Waals surface area contributed by atoms with Crippen molar-refractivity contribution in [2.24, 2.45) is 5.73 Å². The number of rotatable bonds is 5. The lowest BCUT2D eigenvalue weighted by Crippen LogP contribution is -2.29. The van der Waals surface area contributed by atoms with Gasteiger partial charge in [0.05, 0.1) is 16.2 Å². The number of nitrogens with two attached hydrogens (primary N) is 1. The van der Waals surface area contributed by atoms with Crippen LogP contribution in [0.3, 0.4) is 0 Å². The van der Waals surface area contributed by atoms with Gasteiger partial charge in [0.2, 0.25) is 0 Å². The van der Waals surface area contributed by atoms with E-state index in [0.717, 1.165) is 18.8 Å². The first-order chi connectivity index (χ1) is 8.61. The summed E-state index contributed by atoms with van der Waals surface area (Å²) in [7, 11) is 2.00. The molecule has 0 saturated heterocycles. The highest BCUT2D eigenvalue weighted by molar-refractivity contribution is 7.80. The van der Waals surface area contributed by atoms with Crippen molar-refractivity contribution in [1.29, 1.82) is 0 Å². The molecule has 0 saturated carbocycles. The predicted molar refractivity (Wildman–Crippen MR) is 78.5 cm³/mol. The molecule has 0 aliphatic rings. The average molecular weight is 262 g/mol. The maximum absolute atomic E-state index is 5.56. The Morgan fingerprint density at radius 2 is 2.17 bits per heavy atom. The molecule has 0 aliphatic heterocycles. The molecule has 96 valence electrons. The fourth-order valence-corrected chi connectivity index (χ4v) is 2.35. The summed E-state index contributed by atoms with van der Waals surface area (Å²) < 4.78 is 2.03. The molecule has 0 aliphatic carbocycles. The third-order valence-electron chi connectivity index (χ3n) is 2.88. The zero-order valence-corrected chi connectivity index (χ0v) is 11.6. The van der Waals surface area contributed by atoms with Crippen molar-refractivity contribution in [3.8, 4) is 0 Å². The molecule has 0 bridgehead atoms. The summed E-state index contributed by atoms with van der Waals surface area (Å²) in [5.74, 6) is 0. The largest absolute Gasteiger partial charge is 0.392 e. The molecule has 0 unspecified atom stereocenters. The predicted octanol–water partition coefficient (Wildman–Crippen LogP) is 1.77. The van der Waals surface area contributed by atoms with E-state index in [4.69, 9.17) is 18.0 Å². The van der Waals surface area contributed by atoms with Gasteiger partial charge in [0.15, 0.2) is 0 Å². The monoisotopic (exact) mass is 262 g/mol. The van der Waals surface area contributed by atoms with E-state index in [1.807, 2.05) is 23.9 Å². The second-order valence-corrected chi connectivity index (χ2v) is 4.94. The fourth-order valence-electron chi connectivity index (χ4n) is 2.13. The number of hydrogen-bond acceptors (Lipinski definition) is 3.